The van der Waals surface area contributed by atoms with Gasteiger partial charge in [-0.1, -0.05) is 61.9 Å². The average molecular weight is 596 g/mol. The molecule has 0 saturated heterocycles. The Morgan fingerprint density at radius 1 is 0.878 bits per heavy atom. The summed E-state index contributed by atoms with van der Waals surface area (Å²) in [6, 6.07) is 11.7. The molecule has 1 atom stereocenters. The summed E-state index contributed by atoms with van der Waals surface area (Å²) >= 11 is 0. The standard InChI is InChI=1S/C30H30F5NO4S/c31-41(32,33,34,35)23-8-5-18(6-9-23)17-40-26-24-4-2-1-3-22(24)7-10-25(26)28(37)36-27(29(38)39)30-14-19-11-20(15-30)13-21(12-19)16-30/h1-10,19-21,27H,11-17H2,(H,36,37)(H,38,39)/t19?,20?,21?,27-,30?/m1/s1. The zero-order chi connectivity index (χ0) is 29.3. The van der Waals surface area contributed by atoms with Crippen molar-refractivity contribution >= 4 is 32.9 Å². The van der Waals surface area contributed by atoms with Gasteiger partial charge in [0.15, 0.2) is 0 Å². The Balaban J connectivity index is 1.28. The predicted octanol–water partition coefficient (Wildman–Crippen LogP) is 8.48. The maximum atomic E-state index is 13.7. The Morgan fingerprint density at radius 2 is 1.46 bits per heavy atom. The molecule has 0 spiro atoms. The number of aliphatic carboxylic acids is 1. The van der Waals surface area contributed by atoms with Gasteiger partial charge < -0.3 is 15.2 Å². The summed E-state index contributed by atoms with van der Waals surface area (Å²) in [5.74, 6) is -0.134. The highest BCUT2D eigenvalue weighted by atomic mass is 32.5. The normalized spacial score (nSPS) is 27.6. The number of carbonyl (C=O) groups is 2. The van der Waals surface area contributed by atoms with Crippen LogP contribution in [-0.2, 0) is 11.4 Å². The summed E-state index contributed by atoms with van der Waals surface area (Å²) in [5, 5.41) is 14.3. The smallest absolute Gasteiger partial charge is 0.326 e. The van der Waals surface area contributed by atoms with Crippen molar-refractivity contribution in [2.24, 2.45) is 23.2 Å². The minimum absolute atomic E-state index is 0.0864. The molecule has 11 heteroatoms. The van der Waals surface area contributed by atoms with Crippen molar-refractivity contribution in [1.82, 2.24) is 5.32 Å². The molecule has 0 aliphatic heterocycles. The Hall–Kier alpha value is -3.34. The van der Waals surface area contributed by atoms with Gasteiger partial charge in [-0.2, -0.15) is 0 Å². The van der Waals surface area contributed by atoms with Crippen LogP contribution >= 0.6 is 10.2 Å². The molecule has 4 aliphatic rings. The highest BCUT2D eigenvalue weighted by Gasteiger charge is 2.65. The quantitative estimate of drug-likeness (QED) is 0.256. The summed E-state index contributed by atoms with van der Waals surface area (Å²) in [6.07, 6.45) is 5.66. The second-order valence-corrected chi connectivity index (χ2v) is 14.5. The molecule has 220 valence electrons. The van der Waals surface area contributed by atoms with Crippen molar-refractivity contribution in [3.05, 3.63) is 71.8 Å². The third-order valence-electron chi connectivity index (χ3n) is 9.10. The van der Waals surface area contributed by atoms with Crippen molar-refractivity contribution in [3.63, 3.8) is 0 Å². The molecule has 7 rings (SSSR count). The summed E-state index contributed by atoms with van der Waals surface area (Å²) in [7, 11) is -9.81. The van der Waals surface area contributed by atoms with Crippen molar-refractivity contribution in [2.75, 3.05) is 0 Å². The number of amides is 1. The van der Waals surface area contributed by atoms with Crippen molar-refractivity contribution in [2.45, 2.75) is 56.1 Å². The monoisotopic (exact) mass is 595 g/mol. The Bertz CT molecular complexity index is 1510. The maximum absolute atomic E-state index is 13.7. The number of fused-ring (bicyclic) bond motifs is 1. The van der Waals surface area contributed by atoms with Crippen molar-refractivity contribution < 1.29 is 38.9 Å². The summed E-state index contributed by atoms with van der Waals surface area (Å²) in [6.45, 7) is -0.299. The molecule has 2 N–H and O–H groups in total. The van der Waals surface area contributed by atoms with Crippen molar-refractivity contribution in [3.8, 4) is 5.75 Å². The number of hydrogen-bond acceptors (Lipinski definition) is 3. The molecule has 3 aromatic carbocycles. The molecule has 0 radical (unpaired) electrons. The number of ether oxygens (including phenoxy) is 1. The van der Waals surface area contributed by atoms with Gasteiger partial charge in [-0.3, -0.25) is 4.79 Å². The largest absolute Gasteiger partial charge is 0.487 e. The third kappa shape index (κ3) is 5.36. The number of halogens is 5. The predicted molar refractivity (Wildman–Crippen MR) is 146 cm³/mol. The second-order valence-electron chi connectivity index (χ2n) is 12.1. The lowest BCUT2D eigenvalue weighted by Gasteiger charge is -2.58. The van der Waals surface area contributed by atoms with Gasteiger partial charge in [0, 0.05) is 10.8 Å². The average Bonchev–Trinajstić information content (AvgIpc) is 2.88. The fourth-order valence-electron chi connectivity index (χ4n) is 7.79. The fraction of sp³-hybridized carbons (Fsp3) is 0.400. The number of nitrogens with one attached hydrogen (secondary N) is 1. The second kappa shape index (κ2) is 8.83. The molecule has 0 heterocycles. The van der Waals surface area contributed by atoms with E-state index in [0.717, 1.165) is 56.0 Å². The Labute approximate surface area is 233 Å². The minimum Gasteiger partial charge on any atom is -0.487 e. The number of carboxylic acids is 1. The van der Waals surface area contributed by atoms with Gasteiger partial charge in [0.2, 0.25) is 0 Å². The van der Waals surface area contributed by atoms with E-state index in [-0.39, 0.29) is 23.5 Å². The van der Waals surface area contributed by atoms with E-state index in [9.17, 15) is 34.1 Å². The summed E-state index contributed by atoms with van der Waals surface area (Å²) in [4.78, 5) is 24.3. The molecule has 4 fully saturated rings. The van der Waals surface area contributed by atoms with E-state index in [1.807, 2.05) is 0 Å². The first-order valence-electron chi connectivity index (χ1n) is 13.6. The van der Waals surface area contributed by atoms with Gasteiger partial charge in [0.1, 0.15) is 23.3 Å². The minimum atomic E-state index is -9.81. The molecule has 1 amide bonds. The van der Waals surface area contributed by atoms with E-state index in [4.69, 9.17) is 4.74 Å². The summed E-state index contributed by atoms with van der Waals surface area (Å²) in [5.41, 5.74) is -0.228. The van der Waals surface area contributed by atoms with E-state index >= 15 is 0 Å². The van der Waals surface area contributed by atoms with Crippen LogP contribution in [0.25, 0.3) is 10.8 Å². The molecule has 0 unspecified atom stereocenters. The van der Waals surface area contributed by atoms with E-state index in [0.29, 0.717) is 35.3 Å². The third-order valence-corrected chi connectivity index (χ3v) is 10.3. The molecule has 4 aliphatic carbocycles. The number of rotatable bonds is 8. The van der Waals surface area contributed by atoms with E-state index in [2.05, 4.69) is 5.32 Å². The Morgan fingerprint density at radius 3 is 2.02 bits per heavy atom. The van der Waals surface area contributed by atoms with Gasteiger partial charge in [0.05, 0.1) is 5.56 Å². The zero-order valence-corrected chi connectivity index (χ0v) is 22.8. The fourth-order valence-corrected chi connectivity index (χ4v) is 8.44. The van der Waals surface area contributed by atoms with Crippen LogP contribution in [-0.4, -0.2) is 23.0 Å². The topological polar surface area (TPSA) is 75.6 Å². The van der Waals surface area contributed by atoms with E-state index in [1.54, 1.807) is 30.3 Å². The number of hydrogen-bond donors (Lipinski definition) is 2. The van der Waals surface area contributed by atoms with Crippen LogP contribution in [0.3, 0.4) is 0 Å². The maximum Gasteiger partial charge on any atom is 0.326 e. The molecule has 4 saturated carbocycles. The molecule has 41 heavy (non-hydrogen) atoms. The number of carboxylic acid groups (broad SMARTS) is 1. The van der Waals surface area contributed by atoms with Crippen LogP contribution in [0, 0.1) is 23.2 Å². The highest BCUT2D eigenvalue weighted by Crippen LogP contribution is 3.02. The van der Waals surface area contributed by atoms with Crippen LogP contribution in [0.15, 0.2) is 65.6 Å². The lowest BCUT2D eigenvalue weighted by atomic mass is 9.47. The lowest BCUT2D eigenvalue weighted by molar-refractivity contribution is -0.150. The lowest BCUT2D eigenvalue weighted by Crippen LogP contribution is -2.59. The molecular weight excluding hydrogens is 565 g/mol. The molecular formula is C30H30F5NO4S. The van der Waals surface area contributed by atoms with Gasteiger partial charge >= 0.3 is 16.2 Å². The molecule has 4 bridgehead atoms. The highest BCUT2D eigenvalue weighted by molar-refractivity contribution is 8.45. The summed E-state index contributed by atoms with van der Waals surface area (Å²) < 4.78 is 71.6. The number of carbonyl (C=O) groups excluding carboxylic acids is 1. The van der Waals surface area contributed by atoms with Crippen molar-refractivity contribution in [1.29, 1.82) is 0 Å². The number of benzene rings is 3. The molecule has 0 aromatic heterocycles. The van der Waals surface area contributed by atoms with Gasteiger partial charge in [-0.15, -0.1) is 0 Å². The molecule has 5 nitrogen and oxygen atoms in total. The SMILES string of the molecule is O=C(N[C@H](C(=O)O)C12CC3CC(CC(C3)C1)C2)c1ccc2ccccc2c1OCc1ccc(S(F)(F)(F)(F)F)cc1. The van der Waals surface area contributed by atoms with E-state index in [1.165, 1.54) is 6.07 Å². The van der Waals surface area contributed by atoms with Gasteiger partial charge in [-0.05, 0) is 85.4 Å². The zero-order valence-electron chi connectivity index (χ0n) is 22.0. The van der Waals surface area contributed by atoms with Gasteiger partial charge in [-0.25, -0.2) is 4.79 Å². The van der Waals surface area contributed by atoms with Crippen LogP contribution in [0.1, 0.15) is 54.4 Å². The first-order valence-corrected chi connectivity index (χ1v) is 15.6. The Kier molecular flexibility index (Phi) is 5.99. The van der Waals surface area contributed by atoms with E-state index < -0.39 is 38.5 Å². The van der Waals surface area contributed by atoms with Crippen LogP contribution < -0.4 is 10.1 Å². The van der Waals surface area contributed by atoms with Gasteiger partial charge in [0.25, 0.3) is 5.91 Å². The first-order chi connectivity index (χ1) is 19.1. The first kappa shape index (κ1) is 27.8. The van der Waals surface area contributed by atoms with Crippen LogP contribution in [0.2, 0.25) is 0 Å². The van der Waals surface area contributed by atoms with Crippen LogP contribution in [0.4, 0.5) is 19.4 Å². The van der Waals surface area contributed by atoms with Crippen LogP contribution in [0.5, 0.6) is 5.75 Å². The molecule has 3 aromatic rings.